The van der Waals surface area contributed by atoms with Crippen LogP contribution in [0.4, 0.5) is 0 Å². The summed E-state index contributed by atoms with van der Waals surface area (Å²) in [6.45, 7) is 1.84. The van der Waals surface area contributed by atoms with Crippen LogP contribution in [0, 0.1) is 6.92 Å². The first-order valence-electron chi connectivity index (χ1n) is 8.54. The topological polar surface area (TPSA) is 84.8 Å². The highest BCUT2D eigenvalue weighted by atomic mass is 35.5. The molecule has 0 aromatic heterocycles. The summed E-state index contributed by atoms with van der Waals surface area (Å²) in [5.41, 5.74) is 4.51. The van der Waals surface area contributed by atoms with Crippen LogP contribution in [0.15, 0.2) is 82.8 Å². The molecule has 3 aromatic carbocycles. The molecule has 1 N–H and O–H groups in total. The number of benzene rings is 3. The van der Waals surface area contributed by atoms with Gasteiger partial charge in [-0.2, -0.15) is 13.5 Å². The summed E-state index contributed by atoms with van der Waals surface area (Å²) in [6.07, 6.45) is 1.45. The zero-order valence-corrected chi connectivity index (χ0v) is 16.9. The summed E-state index contributed by atoms with van der Waals surface area (Å²) >= 11 is 5.77. The van der Waals surface area contributed by atoms with Crippen molar-refractivity contribution in [3.8, 4) is 5.75 Å². The van der Waals surface area contributed by atoms with Crippen molar-refractivity contribution in [2.24, 2.45) is 5.10 Å². The number of nitrogens with one attached hydrogen (secondary N) is 1. The molecule has 0 saturated carbocycles. The predicted molar refractivity (Wildman–Crippen MR) is 112 cm³/mol. The molecule has 0 aliphatic rings. The van der Waals surface area contributed by atoms with E-state index in [0.717, 1.165) is 5.56 Å². The second kappa shape index (κ2) is 8.89. The number of carbonyl (C=O) groups is 1. The Bertz CT molecular complexity index is 1140. The summed E-state index contributed by atoms with van der Waals surface area (Å²) in [4.78, 5) is 12.1. The van der Waals surface area contributed by atoms with Crippen molar-refractivity contribution in [2.45, 2.75) is 11.8 Å². The molecule has 0 fully saturated rings. The van der Waals surface area contributed by atoms with Crippen LogP contribution in [-0.4, -0.2) is 20.5 Å². The third-order valence-electron chi connectivity index (χ3n) is 3.96. The Morgan fingerprint density at radius 3 is 2.31 bits per heavy atom. The number of rotatable bonds is 6. The van der Waals surface area contributed by atoms with Gasteiger partial charge in [-0.25, -0.2) is 5.43 Å². The quantitative estimate of drug-likeness (QED) is 0.362. The van der Waals surface area contributed by atoms with E-state index >= 15 is 0 Å². The maximum absolute atomic E-state index is 12.3. The number of hydrogen-bond acceptors (Lipinski definition) is 5. The van der Waals surface area contributed by atoms with Gasteiger partial charge in [-0.05, 0) is 72.6 Å². The fourth-order valence-corrected chi connectivity index (χ4v) is 3.49. The molecule has 8 heteroatoms. The maximum atomic E-state index is 12.3. The molecule has 0 atom stereocenters. The van der Waals surface area contributed by atoms with Gasteiger partial charge in [0.25, 0.3) is 5.91 Å². The van der Waals surface area contributed by atoms with E-state index < -0.39 is 10.1 Å². The van der Waals surface area contributed by atoms with Gasteiger partial charge in [-0.3, -0.25) is 4.79 Å². The van der Waals surface area contributed by atoms with Crippen molar-refractivity contribution in [2.75, 3.05) is 0 Å². The Balaban J connectivity index is 1.63. The average molecular weight is 429 g/mol. The molecule has 0 unspecified atom stereocenters. The van der Waals surface area contributed by atoms with E-state index in [-0.39, 0.29) is 16.6 Å². The Morgan fingerprint density at radius 1 is 1.00 bits per heavy atom. The van der Waals surface area contributed by atoms with Gasteiger partial charge in [0.05, 0.1) is 6.21 Å². The van der Waals surface area contributed by atoms with Crippen molar-refractivity contribution in [3.63, 3.8) is 0 Å². The fourth-order valence-electron chi connectivity index (χ4n) is 2.44. The molecule has 3 rings (SSSR count). The first-order chi connectivity index (χ1) is 13.8. The standard InChI is InChI=1S/C21H17ClN2O4S/c1-15-4-2-3-5-20(15)21(25)24-23-14-16-6-10-18(11-7-16)28-29(26,27)19-12-8-17(22)9-13-19/h2-14H,1H3,(H,24,25). The number of aryl methyl sites for hydroxylation is 1. The van der Waals surface area contributed by atoms with E-state index in [4.69, 9.17) is 15.8 Å². The highest BCUT2D eigenvalue weighted by molar-refractivity contribution is 7.87. The number of hydrazone groups is 1. The van der Waals surface area contributed by atoms with Crippen LogP contribution in [0.25, 0.3) is 0 Å². The Hall–Kier alpha value is -3.16. The second-order valence-electron chi connectivity index (χ2n) is 6.07. The monoisotopic (exact) mass is 428 g/mol. The molecule has 0 spiro atoms. The number of carbonyl (C=O) groups excluding carboxylic acids is 1. The molecule has 29 heavy (non-hydrogen) atoms. The summed E-state index contributed by atoms with van der Waals surface area (Å²) in [5.74, 6) is -0.158. The van der Waals surface area contributed by atoms with Gasteiger partial charge in [0, 0.05) is 10.6 Å². The summed E-state index contributed by atoms with van der Waals surface area (Å²) in [7, 11) is -3.96. The molecule has 3 aromatic rings. The largest absolute Gasteiger partial charge is 0.379 e. The van der Waals surface area contributed by atoms with Crippen LogP contribution in [0.1, 0.15) is 21.5 Å². The summed E-state index contributed by atoms with van der Waals surface area (Å²) in [5, 5.41) is 4.36. The SMILES string of the molecule is Cc1ccccc1C(=O)NN=Cc1ccc(OS(=O)(=O)c2ccc(Cl)cc2)cc1. The van der Waals surface area contributed by atoms with Crippen molar-refractivity contribution in [3.05, 3.63) is 94.5 Å². The van der Waals surface area contributed by atoms with Gasteiger partial charge in [-0.15, -0.1) is 0 Å². The summed E-state index contributed by atoms with van der Waals surface area (Å²) < 4.78 is 29.6. The van der Waals surface area contributed by atoms with Crippen LogP contribution < -0.4 is 9.61 Å². The molecular formula is C21H17ClN2O4S. The first-order valence-corrected chi connectivity index (χ1v) is 10.3. The fraction of sp³-hybridized carbons (Fsp3) is 0.0476. The Morgan fingerprint density at radius 2 is 1.66 bits per heavy atom. The number of nitrogens with zero attached hydrogens (tertiary/aromatic N) is 1. The van der Waals surface area contributed by atoms with Gasteiger partial charge in [-0.1, -0.05) is 29.8 Å². The number of amides is 1. The lowest BCUT2D eigenvalue weighted by Gasteiger charge is -2.07. The van der Waals surface area contributed by atoms with E-state index in [0.29, 0.717) is 16.1 Å². The average Bonchev–Trinajstić information content (AvgIpc) is 2.69. The maximum Gasteiger partial charge on any atom is 0.339 e. The smallest absolute Gasteiger partial charge is 0.339 e. The van der Waals surface area contributed by atoms with E-state index in [2.05, 4.69) is 10.5 Å². The minimum absolute atomic E-state index is 0.00598. The van der Waals surface area contributed by atoms with Crippen LogP contribution in [-0.2, 0) is 10.1 Å². The van der Waals surface area contributed by atoms with Gasteiger partial charge >= 0.3 is 10.1 Å². The van der Waals surface area contributed by atoms with Gasteiger partial charge in [0.2, 0.25) is 0 Å². The zero-order chi connectivity index (χ0) is 20.9. The molecule has 0 aliphatic heterocycles. The highest BCUT2D eigenvalue weighted by Gasteiger charge is 2.16. The Kier molecular flexibility index (Phi) is 6.31. The second-order valence-corrected chi connectivity index (χ2v) is 8.06. The number of halogens is 1. The third-order valence-corrected chi connectivity index (χ3v) is 5.47. The summed E-state index contributed by atoms with van der Waals surface area (Å²) in [6, 6.07) is 19.1. The van der Waals surface area contributed by atoms with E-state index in [1.54, 1.807) is 24.3 Å². The van der Waals surface area contributed by atoms with Crippen LogP contribution in [0.2, 0.25) is 5.02 Å². The van der Waals surface area contributed by atoms with Crippen LogP contribution >= 0.6 is 11.6 Å². The molecule has 148 valence electrons. The van der Waals surface area contributed by atoms with E-state index in [1.807, 2.05) is 19.1 Å². The van der Waals surface area contributed by atoms with E-state index in [1.165, 1.54) is 42.6 Å². The minimum atomic E-state index is -3.96. The van der Waals surface area contributed by atoms with Gasteiger partial charge in [0.1, 0.15) is 10.6 Å². The van der Waals surface area contributed by atoms with Gasteiger partial charge < -0.3 is 4.18 Å². The molecule has 0 radical (unpaired) electrons. The van der Waals surface area contributed by atoms with Crippen molar-refractivity contribution in [1.82, 2.24) is 5.43 Å². The van der Waals surface area contributed by atoms with Gasteiger partial charge in [0.15, 0.2) is 0 Å². The lowest BCUT2D eigenvalue weighted by atomic mass is 10.1. The predicted octanol–water partition coefficient (Wildman–Crippen LogP) is 4.18. The molecule has 6 nitrogen and oxygen atoms in total. The molecule has 0 aliphatic carbocycles. The molecular weight excluding hydrogens is 412 g/mol. The third kappa shape index (κ3) is 5.43. The minimum Gasteiger partial charge on any atom is -0.379 e. The highest BCUT2D eigenvalue weighted by Crippen LogP contribution is 2.20. The lowest BCUT2D eigenvalue weighted by molar-refractivity contribution is 0.0954. The molecule has 1 amide bonds. The van der Waals surface area contributed by atoms with Crippen molar-refractivity contribution in [1.29, 1.82) is 0 Å². The normalized spacial score (nSPS) is 11.4. The van der Waals surface area contributed by atoms with E-state index in [9.17, 15) is 13.2 Å². The van der Waals surface area contributed by atoms with Crippen LogP contribution in [0.3, 0.4) is 0 Å². The lowest BCUT2D eigenvalue weighted by Crippen LogP contribution is -2.18. The molecule has 0 saturated heterocycles. The first kappa shape index (κ1) is 20.6. The van der Waals surface area contributed by atoms with Crippen molar-refractivity contribution >= 4 is 33.8 Å². The van der Waals surface area contributed by atoms with Crippen molar-refractivity contribution < 1.29 is 17.4 Å². The molecule has 0 bridgehead atoms. The number of hydrogen-bond donors (Lipinski definition) is 1. The molecule has 0 heterocycles. The zero-order valence-electron chi connectivity index (χ0n) is 15.4. The Labute approximate surface area is 173 Å². The van der Waals surface area contributed by atoms with Crippen LogP contribution in [0.5, 0.6) is 5.75 Å².